The molecule has 0 spiro atoms. The molecule has 1 aliphatic heterocycles. The van der Waals surface area contributed by atoms with Gasteiger partial charge in [-0.05, 0) is 29.8 Å². The van der Waals surface area contributed by atoms with Crippen LogP contribution in [0.3, 0.4) is 0 Å². The summed E-state index contributed by atoms with van der Waals surface area (Å²) in [6, 6.07) is 12.6. The number of nitrogens with one attached hydrogen (secondary N) is 1. The molecule has 0 saturated carbocycles. The van der Waals surface area contributed by atoms with E-state index in [0.717, 1.165) is 17.8 Å². The van der Waals surface area contributed by atoms with Crippen molar-refractivity contribution in [2.75, 3.05) is 5.75 Å². The molecule has 2 N–H and O–H groups in total. The number of nitriles is 1. The van der Waals surface area contributed by atoms with E-state index >= 15 is 0 Å². The molecule has 0 radical (unpaired) electrons. The van der Waals surface area contributed by atoms with Crippen LogP contribution >= 0.6 is 11.8 Å². The van der Waals surface area contributed by atoms with E-state index in [9.17, 15) is 19.1 Å². The lowest BCUT2D eigenvalue weighted by molar-refractivity contribution is -0.132. The SMILES string of the molecule is N#Cc1ccc(C2CSC(NC(=O)c3nc4ccccc4o3)=C2C(=O)O)c(F)c1. The normalized spacial score (nSPS) is 16.1. The number of rotatable bonds is 4. The van der Waals surface area contributed by atoms with Crippen LogP contribution in [0.4, 0.5) is 4.39 Å². The molecule has 0 aliphatic carbocycles. The van der Waals surface area contributed by atoms with Gasteiger partial charge < -0.3 is 14.8 Å². The quantitative estimate of drug-likeness (QED) is 0.678. The summed E-state index contributed by atoms with van der Waals surface area (Å²) in [5.74, 6) is -3.37. The minimum absolute atomic E-state index is 0.110. The van der Waals surface area contributed by atoms with Gasteiger partial charge in [-0.1, -0.05) is 18.2 Å². The number of carboxylic acids is 1. The Morgan fingerprint density at radius 3 is 2.79 bits per heavy atom. The van der Waals surface area contributed by atoms with Crippen LogP contribution in [0.5, 0.6) is 0 Å². The zero-order valence-corrected chi connectivity index (χ0v) is 15.5. The van der Waals surface area contributed by atoms with Gasteiger partial charge in [-0.3, -0.25) is 4.79 Å². The molecule has 1 atom stereocenters. The number of aliphatic carboxylic acids is 1. The fraction of sp³-hybridized carbons (Fsp3) is 0.100. The molecule has 7 nitrogen and oxygen atoms in total. The van der Waals surface area contributed by atoms with Gasteiger partial charge >= 0.3 is 11.9 Å². The van der Waals surface area contributed by atoms with Gasteiger partial charge in [0.1, 0.15) is 11.3 Å². The molecule has 9 heteroatoms. The first kappa shape index (κ1) is 18.7. The third kappa shape index (κ3) is 3.46. The van der Waals surface area contributed by atoms with Gasteiger partial charge in [0.25, 0.3) is 5.89 Å². The fourth-order valence-electron chi connectivity index (χ4n) is 3.09. The lowest BCUT2D eigenvalue weighted by Crippen LogP contribution is -2.24. The smallest absolute Gasteiger partial charge is 0.334 e. The van der Waals surface area contributed by atoms with Crippen LogP contribution in [0, 0.1) is 17.1 Å². The van der Waals surface area contributed by atoms with Gasteiger partial charge in [-0.15, -0.1) is 11.8 Å². The van der Waals surface area contributed by atoms with Gasteiger partial charge in [0.15, 0.2) is 5.58 Å². The maximum Gasteiger partial charge on any atom is 0.334 e. The average Bonchev–Trinajstić information content (AvgIpc) is 3.32. The molecule has 144 valence electrons. The minimum Gasteiger partial charge on any atom is -0.478 e. The van der Waals surface area contributed by atoms with Gasteiger partial charge in [-0.2, -0.15) is 5.26 Å². The molecule has 1 amide bonds. The number of carbonyl (C=O) groups excluding carboxylic acids is 1. The highest BCUT2D eigenvalue weighted by atomic mass is 32.2. The molecular formula is C20H12FN3O4S. The van der Waals surface area contributed by atoms with E-state index < -0.39 is 23.6 Å². The van der Waals surface area contributed by atoms with Crippen LogP contribution in [0.15, 0.2) is 57.5 Å². The summed E-state index contributed by atoms with van der Waals surface area (Å²) in [5, 5.41) is 21.2. The predicted molar refractivity (Wildman–Crippen MR) is 102 cm³/mol. The van der Waals surface area contributed by atoms with E-state index in [2.05, 4.69) is 10.3 Å². The first-order valence-electron chi connectivity index (χ1n) is 8.44. The van der Waals surface area contributed by atoms with Crippen molar-refractivity contribution in [2.45, 2.75) is 5.92 Å². The van der Waals surface area contributed by atoms with Crippen LogP contribution in [0.1, 0.15) is 27.7 Å². The third-order valence-corrected chi connectivity index (χ3v) is 5.55. The van der Waals surface area contributed by atoms with Crippen molar-refractivity contribution < 1.29 is 23.5 Å². The lowest BCUT2D eigenvalue weighted by Gasteiger charge is -2.13. The predicted octanol–water partition coefficient (Wildman–Crippen LogP) is 3.40. The molecule has 4 rings (SSSR count). The molecule has 0 bridgehead atoms. The Bertz CT molecular complexity index is 1190. The standard InChI is InChI=1S/C20H12FN3O4S/c21-13-7-10(8-22)5-6-11(13)12-9-29-19(16(12)20(26)27)24-17(25)18-23-14-3-1-2-4-15(14)28-18/h1-7,12H,9H2,(H,24,25)(H,26,27). The van der Waals surface area contributed by atoms with Gasteiger partial charge in [-0.25, -0.2) is 14.2 Å². The number of thioether (sulfide) groups is 1. The zero-order chi connectivity index (χ0) is 20.5. The Morgan fingerprint density at radius 2 is 2.10 bits per heavy atom. The molecule has 0 saturated heterocycles. The Balaban J connectivity index is 1.65. The number of hydrogen-bond donors (Lipinski definition) is 2. The zero-order valence-electron chi connectivity index (χ0n) is 14.7. The topological polar surface area (TPSA) is 116 Å². The summed E-state index contributed by atoms with van der Waals surface area (Å²) >= 11 is 1.10. The number of nitrogens with zero attached hydrogens (tertiary/aromatic N) is 2. The average molecular weight is 409 g/mol. The van der Waals surface area contributed by atoms with Gasteiger partial charge in [0.05, 0.1) is 22.2 Å². The highest BCUT2D eigenvalue weighted by Crippen LogP contribution is 2.42. The lowest BCUT2D eigenvalue weighted by atomic mass is 9.92. The Morgan fingerprint density at radius 1 is 1.31 bits per heavy atom. The minimum atomic E-state index is -1.27. The highest BCUT2D eigenvalue weighted by molar-refractivity contribution is 8.03. The van der Waals surface area contributed by atoms with Crippen LogP contribution in [0.2, 0.25) is 0 Å². The van der Waals surface area contributed by atoms with E-state index in [4.69, 9.17) is 9.68 Å². The fourth-order valence-corrected chi connectivity index (χ4v) is 4.32. The van der Waals surface area contributed by atoms with Crippen molar-refractivity contribution in [2.24, 2.45) is 0 Å². The summed E-state index contributed by atoms with van der Waals surface area (Å²) in [5.41, 5.74) is 1.11. The Labute approximate surface area is 167 Å². The molecule has 0 fully saturated rings. The van der Waals surface area contributed by atoms with E-state index in [1.807, 2.05) is 6.07 Å². The van der Waals surface area contributed by atoms with Crippen LogP contribution in [-0.4, -0.2) is 27.7 Å². The van der Waals surface area contributed by atoms with E-state index in [0.29, 0.717) is 11.1 Å². The third-order valence-electron chi connectivity index (χ3n) is 4.44. The van der Waals surface area contributed by atoms with Crippen LogP contribution in [0.25, 0.3) is 11.1 Å². The number of benzene rings is 2. The molecular weight excluding hydrogens is 397 g/mol. The van der Waals surface area contributed by atoms with Crippen molar-refractivity contribution in [3.63, 3.8) is 0 Å². The molecule has 29 heavy (non-hydrogen) atoms. The summed E-state index contributed by atoms with van der Waals surface area (Å²) in [4.78, 5) is 28.5. The van der Waals surface area contributed by atoms with E-state index in [1.165, 1.54) is 12.1 Å². The molecule has 2 aromatic carbocycles. The summed E-state index contributed by atoms with van der Waals surface area (Å²) in [6.07, 6.45) is 0. The van der Waals surface area contributed by atoms with Gasteiger partial charge in [0, 0.05) is 11.7 Å². The summed E-state index contributed by atoms with van der Waals surface area (Å²) in [7, 11) is 0. The number of para-hydroxylation sites is 2. The molecule has 1 aromatic heterocycles. The Hall–Kier alpha value is -3.64. The second-order valence-corrected chi connectivity index (χ2v) is 7.23. The molecule has 1 aliphatic rings. The van der Waals surface area contributed by atoms with Crippen LogP contribution < -0.4 is 5.32 Å². The number of carbonyl (C=O) groups is 2. The van der Waals surface area contributed by atoms with E-state index in [-0.39, 0.29) is 33.4 Å². The number of aromatic nitrogens is 1. The van der Waals surface area contributed by atoms with Gasteiger partial charge in [0.2, 0.25) is 0 Å². The van der Waals surface area contributed by atoms with Crippen molar-refractivity contribution in [3.05, 3.63) is 75.9 Å². The number of fused-ring (bicyclic) bond motifs is 1. The largest absolute Gasteiger partial charge is 0.478 e. The first-order chi connectivity index (χ1) is 14.0. The van der Waals surface area contributed by atoms with Crippen molar-refractivity contribution in [1.29, 1.82) is 5.26 Å². The van der Waals surface area contributed by atoms with Crippen molar-refractivity contribution in [3.8, 4) is 6.07 Å². The second kappa shape index (κ2) is 7.41. The second-order valence-electron chi connectivity index (χ2n) is 6.20. The Kier molecular flexibility index (Phi) is 4.78. The van der Waals surface area contributed by atoms with E-state index in [1.54, 1.807) is 24.3 Å². The number of halogens is 1. The summed E-state index contributed by atoms with van der Waals surface area (Å²) in [6.45, 7) is 0. The van der Waals surface area contributed by atoms with Crippen LogP contribution in [-0.2, 0) is 4.79 Å². The summed E-state index contributed by atoms with van der Waals surface area (Å²) < 4.78 is 19.8. The number of oxazole rings is 1. The monoisotopic (exact) mass is 409 g/mol. The van der Waals surface area contributed by atoms with Crippen molar-refractivity contribution >= 4 is 34.7 Å². The molecule has 2 heterocycles. The maximum absolute atomic E-state index is 14.4. The molecule has 1 unspecified atom stereocenters. The number of carboxylic acid groups (broad SMARTS) is 1. The molecule has 3 aromatic rings. The first-order valence-corrected chi connectivity index (χ1v) is 9.43. The number of amides is 1. The maximum atomic E-state index is 14.4. The highest BCUT2D eigenvalue weighted by Gasteiger charge is 2.35. The van der Waals surface area contributed by atoms with Crippen molar-refractivity contribution in [1.82, 2.24) is 10.3 Å². The number of hydrogen-bond acceptors (Lipinski definition) is 6.